The number of benzene rings is 2. The van der Waals surface area contributed by atoms with E-state index in [1.54, 1.807) is 18.2 Å². The summed E-state index contributed by atoms with van der Waals surface area (Å²) < 4.78 is 46.6. The third-order valence-corrected chi connectivity index (χ3v) is 5.20. The fraction of sp³-hybridized carbons (Fsp3) is 0.238. The van der Waals surface area contributed by atoms with Gasteiger partial charge in [0.1, 0.15) is 17.5 Å². The first-order valence-electron chi connectivity index (χ1n) is 8.78. The first kappa shape index (κ1) is 20.9. The van der Waals surface area contributed by atoms with Gasteiger partial charge in [-0.3, -0.25) is 9.59 Å². The van der Waals surface area contributed by atoms with Crippen LogP contribution in [0.15, 0.2) is 48.6 Å². The molecule has 1 aliphatic rings. The minimum Gasteiger partial charge on any atom is -0.469 e. The number of esters is 1. The number of rotatable bonds is 5. The molecule has 152 valence electrons. The van der Waals surface area contributed by atoms with E-state index in [9.17, 15) is 22.8 Å². The Hall–Kier alpha value is -2.80. The molecule has 3 unspecified atom stereocenters. The second kappa shape index (κ2) is 8.69. The SMILES string of the molecule is COC(=O)C(c1ccccc1F)C1C=CC(NC(=O)c2c(F)ccc(F)c2Cl)C1. The van der Waals surface area contributed by atoms with Crippen LogP contribution in [0.2, 0.25) is 5.02 Å². The Morgan fingerprint density at radius 3 is 2.45 bits per heavy atom. The van der Waals surface area contributed by atoms with Crippen molar-refractivity contribution in [2.24, 2.45) is 5.92 Å². The molecule has 8 heteroatoms. The molecule has 0 radical (unpaired) electrons. The zero-order valence-electron chi connectivity index (χ0n) is 15.3. The minimum atomic E-state index is -0.953. The third-order valence-electron chi connectivity index (χ3n) is 4.83. The summed E-state index contributed by atoms with van der Waals surface area (Å²) in [7, 11) is 1.21. The van der Waals surface area contributed by atoms with Crippen LogP contribution in [0.5, 0.6) is 0 Å². The first-order valence-corrected chi connectivity index (χ1v) is 9.16. The fourth-order valence-electron chi connectivity index (χ4n) is 3.44. The van der Waals surface area contributed by atoms with Crippen molar-refractivity contribution in [3.05, 3.63) is 82.2 Å². The van der Waals surface area contributed by atoms with Gasteiger partial charge in [-0.15, -0.1) is 0 Å². The van der Waals surface area contributed by atoms with E-state index in [1.165, 1.54) is 25.3 Å². The zero-order chi connectivity index (χ0) is 21.1. The molecule has 0 heterocycles. The van der Waals surface area contributed by atoms with Gasteiger partial charge < -0.3 is 10.1 Å². The van der Waals surface area contributed by atoms with E-state index in [0.717, 1.165) is 12.1 Å². The van der Waals surface area contributed by atoms with E-state index in [0.29, 0.717) is 0 Å². The highest BCUT2D eigenvalue weighted by molar-refractivity contribution is 6.34. The van der Waals surface area contributed by atoms with E-state index in [1.807, 2.05) is 0 Å². The van der Waals surface area contributed by atoms with Crippen molar-refractivity contribution in [3.8, 4) is 0 Å². The van der Waals surface area contributed by atoms with Crippen LogP contribution in [0.25, 0.3) is 0 Å². The average molecular weight is 424 g/mol. The molecule has 0 spiro atoms. The normalized spacial score (nSPS) is 19.1. The topological polar surface area (TPSA) is 55.4 Å². The molecular formula is C21H17ClF3NO3. The molecule has 3 rings (SSSR count). The smallest absolute Gasteiger partial charge is 0.313 e. The van der Waals surface area contributed by atoms with Crippen LogP contribution in [-0.2, 0) is 9.53 Å². The van der Waals surface area contributed by atoms with E-state index >= 15 is 0 Å². The van der Waals surface area contributed by atoms with Crippen LogP contribution in [0, 0.1) is 23.4 Å². The van der Waals surface area contributed by atoms with Crippen LogP contribution >= 0.6 is 11.6 Å². The molecule has 1 aliphatic carbocycles. The van der Waals surface area contributed by atoms with Crippen molar-refractivity contribution >= 4 is 23.5 Å². The number of hydrogen-bond acceptors (Lipinski definition) is 3. The highest BCUT2D eigenvalue weighted by Crippen LogP contribution is 2.35. The van der Waals surface area contributed by atoms with Crippen LogP contribution in [0.3, 0.4) is 0 Å². The summed E-state index contributed by atoms with van der Waals surface area (Å²) in [4.78, 5) is 24.7. The minimum absolute atomic E-state index is 0.181. The lowest BCUT2D eigenvalue weighted by atomic mass is 9.85. The number of ether oxygens (including phenoxy) is 1. The van der Waals surface area contributed by atoms with Gasteiger partial charge in [-0.25, -0.2) is 13.2 Å². The summed E-state index contributed by atoms with van der Waals surface area (Å²) in [5.41, 5.74) is -0.415. The highest BCUT2D eigenvalue weighted by atomic mass is 35.5. The van der Waals surface area contributed by atoms with E-state index in [4.69, 9.17) is 16.3 Å². The Balaban J connectivity index is 1.78. The largest absolute Gasteiger partial charge is 0.469 e. The van der Waals surface area contributed by atoms with Crippen molar-refractivity contribution in [2.45, 2.75) is 18.4 Å². The van der Waals surface area contributed by atoms with Gasteiger partial charge in [0.05, 0.1) is 23.6 Å². The summed E-state index contributed by atoms with van der Waals surface area (Å²) in [5, 5.41) is 1.94. The molecule has 0 bridgehead atoms. The molecule has 0 saturated heterocycles. The molecule has 1 N–H and O–H groups in total. The van der Waals surface area contributed by atoms with E-state index in [2.05, 4.69) is 5.32 Å². The lowest BCUT2D eigenvalue weighted by Gasteiger charge is -2.22. The molecule has 29 heavy (non-hydrogen) atoms. The molecule has 3 atom stereocenters. The van der Waals surface area contributed by atoms with Gasteiger partial charge in [-0.1, -0.05) is 42.0 Å². The van der Waals surface area contributed by atoms with Crippen LogP contribution in [0.4, 0.5) is 13.2 Å². The highest BCUT2D eigenvalue weighted by Gasteiger charge is 2.36. The number of nitrogens with one attached hydrogen (secondary N) is 1. The molecule has 0 aromatic heterocycles. The zero-order valence-corrected chi connectivity index (χ0v) is 16.1. The van der Waals surface area contributed by atoms with Gasteiger partial charge in [0.2, 0.25) is 0 Å². The maximum absolute atomic E-state index is 14.3. The van der Waals surface area contributed by atoms with Gasteiger partial charge in [-0.2, -0.15) is 0 Å². The average Bonchev–Trinajstić information content (AvgIpc) is 3.14. The van der Waals surface area contributed by atoms with Crippen LogP contribution in [-0.4, -0.2) is 25.0 Å². The lowest BCUT2D eigenvalue weighted by molar-refractivity contribution is -0.143. The molecule has 0 aliphatic heterocycles. The van der Waals surface area contributed by atoms with Crippen molar-refractivity contribution in [2.75, 3.05) is 7.11 Å². The van der Waals surface area contributed by atoms with Crippen molar-refractivity contribution in [1.29, 1.82) is 0 Å². The third kappa shape index (κ3) is 4.29. The Labute approximate surface area is 170 Å². The molecule has 4 nitrogen and oxygen atoms in total. The number of hydrogen-bond donors (Lipinski definition) is 1. The van der Waals surface area contributed by atoms with Gasteiger partial charge in [-0.05, 0) is 30.5 Å². The predicted molar refractivity (Wildman–Crippen MR) is 101 cm³/mol. The number of amides is 1. The molecule has 2 aromatic carbocycles. The van der Waals surface area contributed by atoms with E-state index in [-0.39, 0.29) is 12.0 Å². The quantitative estimate of drug-likeness (QED) is 0.441. The number of halogens is 4. The van der Waals surface area contributed by atoms with Crippen molar-refractivity contribution < 1.29 is 27.5 Å². The van der Waals surface area contributed by atoms with E-state index < -0.39 is 57.8 Å². The second-order valence-corrected chi connectivity index (χ2v) is 6.98. The van der Waals surface area contributed by atoms with Crippen molar-refractivity contribution in [1.82, 2.24) is 5.32 Å². The maximum atomic E-state index is 14.3. The van der Waals surface area contributed by atoms with Gasteiger partial charge >= 0.3 is 5.97 Å². The number of carbonyl (C=O) groups is 2. The fourth-order valence-corrected chi connectivity index (χ4v) is 3.68. The molecular weight excluding hydrogens is 407 g/mol. The standard InChI is InChI=1S/C21H17ClF3NO3/c1-29-21(28)17(13-4-2-3-5-14(13)23)11-6-7-12(10-11)26-20(27)18-15(24)8-9-16(25)19(18)22/h2-9,11-12,17H,10H2,1H3,(H,26,27). The second-order valence-electron chi connectivity index (χ2n) is 6.60. The first-order chi connectivity index (χ1) is 13.8. The van der Waals surface area contributed by atoms with Crippen molar-refractivity contribution in [3.63, 3.8) is 0 Å². The Morgan fingerprint density at radius 1 is 1.07 bits per heavy atom. The monoisotopic (exact) mass is 423 g/mol. The molecule has 2 aromatic rings. The lowest BCUT2D eigenvalue weighted by Crippen LogP contribution is -2.34. The van der Waals surface area contributed by atoms with Gasteiger partial charge in [0.25, 0.3) is 5.91 Å². The molecule has 0 fully saturated rings. The Bertz CT molecular complexity index is 980. The summed E-state index contributed by atoms with van der Waals surface area (Å²) in [5.74, 6) is -5.28. The summed E-state index contributed by atoms with van der Waals surface area (Å²) in [6.07, 6.45) is 3.53. The summed E-state index contributed by atoms with van der Waals surface area (Å²) in [6.45, 7) is 0. The Kier molecular flexibility index (Phi) is 6.27. The number of carbonyl (C=O) groups excluding carboxylic acids is 2. The number of allylic oxidation sites excluding steroid dienone is 1. The van der Waals surface area contributed by atoms with Gasteiger partial charge in [0.15, 0.2) is 0 Å². The number of methoxy groups -OCH3 is 1. The molecule has 1 amide bonds. The molecule has 0 saturated carbocycles. The summed E-state index contributed by atoms with van der Waals surface area (Å²) in [6, 6.07) is 6.93. The maximum Gasteiger partial charge on any atom is 0.313 e. The predicted octanol–water partition coefficient (Wildman–Crippen LogP) is 4.39. The Morgan fingerprint density at radius 2 is 1.76 bits per heavy atom. The van der Waals surface area contributed by atoms with Crippen LogP contribution < -0.4 is 5.32 Å². The van der Waals surface area contributed by atoms with Gasteiger partial charge in [0, 0.05) is 11.6 Å². The van der Waals surface area contributed by atoms with Crippen LogP contribution in [0.1, 0.15) is 28.3 Å². The summed E-state index contributed by atoms with van der Waals surface area (Å²) >= 11 is 5.72.